The van der Waals surface area contributed by atoms with Gasteiger partial charge in [-0.3, -0.25) is 38.0 Å². The zero-order chi connectivity index (χ0) is 73.1. The Hall–Kier alpha value is -7.45. The molecule has 0 bridgehead atoms. The van der Waals surface area contributed by atoms with E-state index in [0.29, 0.717) is 23.1 Å². The van der Waals surface area contributed by atoms with E-state index in [1.165, 1.54) is 80.2 Å². The third kappa shape index (κ3) is 18.2. The van der Waals surface area contributed by atoms with Crippen LogP contribution in [0, 0.1) is 11.8 Å². The van der Waals surface area contributed by atoms with Gasteiger partial charge in [0.1, 0.15) is 36.3 Å². The predicted octanol–water partition coefficient (Wildman–Crippen LogP) is 0.703. The molecule has 13 atom stereocenters. The number of fused-ring (bicyclic) bond motifs is 3. The first-order valence-electron chi connectivity index (χ1n) is 34.4. The predicted molar refractivity (Wildman–Crippen MR) is 368 cm³/mol. The highest BCUT2D eigenvalue weighted by molar-refractivity contribution is 7.90. The van der Waals surface area contributed by atoms with Crippen LogP contribution in [0.3, 0.4) is 0 Å². The number of hydrogen-bond acceptors (Lipinski definition) is 25. The first-order valence-corrected chi connectivity index (χ1v) is 35.9. The van der Waals surface area contributed by atoms with Crippen molar-refractivity contribution in [3.8, 4) is 33.2 Å². The van der Waals surface area contributed by atoms with Crippen molar-refractivity contribution in [2.45, 2.75) is 188 Å². The molecule has 102 heavy (non-hydrogen) atoms. The summed E-state index contributed by atoms with van der Waals surface area (Å²) in [4.78, 5) is 111. The maximum Gasteiger partial charge on any atom is 0.261 e. The maximum absolute atomic E-state index is 15.0. The minimum Gasteiger partial charge on any atom is -0.504 e. The number of aliphatic hydroxyl groups is 8. The number of hydrogen-bond donors (Lipinski definition) is 16. The van der Waals surface area contributed by atoms with Gasteiger partial charge in [-0.1, -0.05) is 89.4 Å². The highest BCUT2D eigenvalue weighted by atomic mass is 32.2. The molecule has 3 saturated heterocycles. The van der Waals surface area contributed by atoms with Crippen molar-refractivity contribution in [1.29, 1.82) is 0 Å². The number of amides is 7. The van der Waals surface area contributed by atoms with Crippen LogP contribution in [-0.2, 0) is 49.3 Å². The van der Waals surface area contributed by atoms with Crippen LogP contribution in [0.15, 0.2) is 79.1 Å². The van der Waals surface area contributed by atoms with E-state index in [-0.39, 0.29) is 47.9 Å². The van der Waals surface area contributed by atoms with Gasteiger partial charge in [0.15, 0.2) is 16.5 Å². The third-order valence-electron chi connectivity index (χ3n) is 20.6. The number of phenolic OH excluding ortho intramolecular Hbond substituents is 1. The Morgan fingerprint density at radius 2 is 1.45 bits per heavy atom. The van der Waals surface area contributed by atoms with Crippen LogP contribution in [0.1, 0.15) is 118 Å². The number of methoxy groups -OCH3 is 1. The van der Waals surface area contributed by atoms with Crippen LogP contribution in [0.5, 0.6) is 11.5 Å². The van der Waals surface area contributed by atoms with Crippen LogP contribution < -0.4 is 36.1 Å². The first kappa shape index (κ1) is 77.2. The van der Waals surface area contributed by atoms with Crippen molar-refractivity contribution in [2.24, 2.45) is 11.8 Å². The lowest BCUT2D eigenvalue weighted by atomic mass is 9.66. The number of aromatic nitrogens is 2. The molecule has 5 aliphatic rings. The number of aliphatic hydroxyl groups excluding tert-OH is 8. The zero-order valence-electron chi connectivity index (χ0n) is 56.7. The minimum atomic E-state index is -2.16. The van der Waals surface area contributed by atoms with E-state index in [0.717, 1.165) is 63.9 Å². The summed E-state index contributed by atoms with van der Waals surface area (Å²) in [6.45, 7) is -0.289. The van der Waals surface area contributed by atoms with Gasteiger partial charge in [0.05, 0.1) is 72.1 Å². The number of imidazole rings is 1. The fraction of sp³-hybridized carbons (Fsp3) is 0.565. The monoisotopic (exact) mass is 1460 g/mol. The Bertz CT molecular complexity index is 3670. The molecule has 0 spiro atoms. The minimum absolute atomic E-state index is 0.0125. The second-order valence-electron chi connectivity index (χ2n) is 27.4. The highest BCUT2D eigenvalue weighted by Crippen LogP contribution is 2.48. The molecule has 3 aromatic carbocycles. The molecule has 1 unspecified atom stereocenters. The van der Waals surface area contributed by atoms with Crippen LogP contribution in [0.4, 0.5) is 0 Å². The molecule has 2 aromatic heterocycles. The van der Waals surface area contributed by atoms with Crippen LogP contribution in [-0.4, -0.2) is 243 Å². The summed E-state index contributed by atoms with van der Waals surface area (Å²) in [5.74, 6) is -8.44. The standard InChI is InChI=1S/C69H92N10O21S2/c1-36-30-79-59(60(36)88)65(93)71-29-46(83)27-48(72-61(89)43-16-12-41(13-17-43)49-32-77-33-55(101-68(77)73-49)42-14-10-39(11-15-42)40-19-22-69(97-3,23-20-40)44-7-5-4-6-8-44)62(90)74-56(37(2)82)66(94)78-31-47(84)28-50(78)63(91)75-57(53(87)25-38-9-18-51(85)54(26-38)98-102-100-99-96)64(92)76-58(67(79)95)52(86)21-24-70-45(34-80)35-81/h9-18,26,32-33,36-37,40,44-48,50,52-53,56-60,70,80-88,96H,4-8,19-25,27-31,34-35H2,1-3H3,(H,71,93)(H,72,89)(H,74,90)(H,75,91)(H,76,92)/t36-,37+,40?,46+,47+,48?,50-,52+,53+,56-,57-,58-,59-,60-,69?/m0/s1. The average molecular weight is 1460 g/mol. The van der Waals surface area contributed by atoms with Crippen molar-refractivity contribution < 1.29 is 103 Å². The summed E-state index contributed by atoms with van der Waals surface area (Å²) in [6.07, 6.45) is 1.98. The third-order valence-corrected chi connectivity index (χ3v) is 22.0. The van der Waals surface area contributed by atoms with Crippen molar-refractivity contribution in [3.05, 3.63) is 95.8 Å². The fourth-order valence-corrected chi connectivity index (χ4v) is 16.0. The lowest BCUT2D eigenvalue weighted by Gasteiger charge is -2.46. The number of thiazole rings is 1. The number of nitrogens with one attached hydrogen (secondary N) is 6. The Balaban J connectivity index is 0.889. The molecule has 3 aliphatic heterocycles. The summed E-state index contributed by atoms with van der Waals surface area (Å²) in [7, 11) is 1.89. The first-order chi connectivity index (χ1) is 48.9. The largest absolute Gasteiger partial charge is 0.504 e. The Morgan fingerprint density at radius 1 is 0.775 bits per heavy atom. The number of β-amino-alcohol motifs (C(OH)–C–C–N with tert-alkyl or cyclic N) is 1. The highest BCUT2D eigenvalue weighted by Gasteiger charge is 2.50. The lowest BCUT2D eigenvalue weighted by molar-refractivity contribution is -0.433. The van der Waals surface area contributed by atoms with E-state index in [9.17, 15) is 74.7 Å². The smallest absolute Gasteiger partial charge is 0.261 e. The summed E-state index contributed by atoms with van der Waals surface area (Å²) in [5, 5.41) is 127. The molecule has 10 rings (SSSR count). The van der Waals surface area contributed by atoms with Gasteiger partial charge in [0, 0.05) is 75.4 Å². The number of phenols is 1. The maximum atomic E-state index is 15.0. The molecule has 5 aromatic rings. The van der Waals surface area contributed by atoms with E-state index in [4.69, 9.17) is 19.2 Å². The molecule has 5 heterocycles. The lowest BCUT2D eigenvalue weighted by Crippen LogP contribution is -2.64. The molecule has 556 valence electrons. The summed E-state index contributed by atoms with van der Waals surface area (Å²) in [6, 6.07) is 6.33. The average Bonchev–Trinajstić information content (AvgIpc) is 1.68. The van der Waals surface area contributed by atoms with Gasteiger partial charge in [0.2, 0.25) is 35.4 Å². The molecular weight excluding hydrogens is 1370 g/mol. The number of carbonyl (C=O) groups excluding carboxylic acids is 7. The van der Waals surface area contributed by atoms with Crippen molar-refractivity contribution >= 4 is 70.0 Å². The van der Waals surface area contributed by atoms with E-state index in [1.807, 2.05) is 23.9 Å². The molecule has 0 radical (unpaired) electrons. The zero-order valence-corrected chi connectivity index (χ0v) is 58.4. The SMILES string of the molecule is COC1(C2CCCCC2)CCC(c2ccc(-c3cn4cc(-c5ccc(C(=O)NC6C[C@@H](O)CNC(=O)[C@@H]7[C@@H](O)[C@@H](C)CN7C(=O)[C@H]([C@H](O)CCNC(CO)CO)NC(=O)[C@H]([C@H](O)Cc7ccc(O)c(OSOOO)c7)NC(=O)[C@@H]7C[C@@H](O)CN7C(=O)[C@H]([C@@H](C)O)NC6=O)cc5)nc4s3)cc2)CC1. The van der Waals surface area contributed by atoms with Crippen LogP contribution >= 0.6 is 23.7 Å². The summed E-state index contributed by atoms with van der Waals surface area (Å²) < 4.78 is 17.6. The molecule has 2 saturated carbocycles. The fourth-order valence-electron chi connectivity index (χ4n) is 14.8. The molecular formula is C69H92N10O21S2. The quantitative estimate of drug-likeness (QED) is 0.0196. The van der Waals surface area contributed by atoms with E-state index >= 15 is 4.79 Å². The number of rotatable bonds is 22. The number of aromatic hydroxyl groups is 1. The second-order valence-corrected chi connectivity index (χ2v) is 28.8. The normalized spacial score (nSPS) is 27.8. The second kappa shape index (κ2) is 34.9. The van der Waals surface area contributed by atoms with Gasteiger partial charge in [0.25, 0.3) is 18.2 Å². The van der Waals surface area contributed by atoms with Crippen molar-refractivity contribution in [3.63, 3.8) is 0 Å². The number of carbonyl (C=O) groups is 7. The van der Waals surface area contributed by atoms with Crippen LogP contribution in [0.2, 0.25) is 0 Å². The molecule has 33 heteroatoms. The molecule has 7 amide bonds. The summed E-state index contributed by atoms with van der Waals surface area (Å²) >= 11 is 1.59. The summed E-state index contributed by atoms with van der Waals surface area (Å²) in [5.41, 5.74) is 3.77. The Kier molecular flexibility index (Phi) is 26.4. The number of nitrogens with zero attached hydrogens (tertiary/aromatic N) is 4. The molecule has 5 fully saturated rings. The van der Waals surface area contributed by atoms with Gasteiger partial charge in [-0.15, -0.1) is 0 Å². The van der Waals surface area contributed by atoms with Gasteiger partial charge < -0.3 is 96.6 Å². The number of ether oxygens (including phenoxy) is 1. The Morgan fingerprint density at radius 3 is 2.12 bits per heavy atom. The van der Waals surface area contributed by atoms with Crippen LogP contribution in [0.25, 0.3) is 26.7 Å². The van der Waals surface area contributed by atoms with Gasteiger partial charge in [-0.05, 0) is 111 Å². The van der Waals surface area contributed by atoms with Gasteiger partial charge in [-0.25, -0.2) is 10.2 Å². The topological polar surface area (TPSA) is 455 Å². The van der Waals surface area contributed by atoms with E-state index < -0.39 is 184 Å². The Labute approximate surface area is 596 Å². The molecule has 2 aliphatic carbocycles. The van der Waals surface area contributed by atoms with E-state index in [1.54, 1.807) is 12.1 Å². The van der Waals surface area contributed by atoms with Gasteiger partial charge in [-0.2, -0.15) is 0 Å². The van der Waals surface area contributed by atoms with Gasteiger partial charge >= 0.3 is 0 Å². The van der Waals surface area contributed by atoms with Crippen molar-refractivity contribution in [2.75, 3.05) is 46.5 Å². The van der Waals surface area contributed by atoms with Crippen molar-refractivity contribution in [1.82, 2.24) is 51.1 Å². The molecule has 16 N–H and O–H groups in total. The van der Waals surface area contributed by atoms with E-state index in [2.05, 4.69) is 65.5 Å². The molecule has 31 nitrogen and oxygen atoms in total. The number of benzene rings is 3.